The number of nitrogens with two attached hydrogens (primary N) is 1. The summed E-state index contributed by atoms with van der Waals surface area (Å²) in [5, 5.41) is 0. The van der Waals surface area contributed by atoms with E-state index in [-0.39, 0.29) is 0 Å². The summed E-state index contributed by atoms with van der Waals surface area (Å²) in [5.74, 6) is 1.87. The van der Waals surface area contributed by atoms with Crippen molar-refractivity contribution in [1.29, 1.82) is 0 Å². The van der Waals surface area contributed by atoms with Crippen molar-refractivity contribution in [2.75, 3.05) is 5.75 Å². The van der Waals surface area contributed by atoms with Crippen LogP contribution in [0.25, 0.3) is 0 Å². The Morgan fingerprint density at radius 1 is 1.10 bits per heavy atom. The largest absolute Gasteiger partial charge is 0.326 e. The van der Waals surface area contributed by atoms with Crippen LogP contribution in [0.3, 0.4) is 0 Å². The number of aryl methyl sites for hydroxylation is 1. The van der Waals surface area contributed by atoms with Crippen LogP contribution < -0.4 is 5.73 Å². The quantitative estimate of drug-likeness (QED) is 0.844. The topological polar surface area (TPSA) is 26.0 Å². The lowest BCUT2D eigenvalue weighted by atomic mass is 9.84. The van der Waals surface area contributed by atoms with Gasteiger partial charge in [0.05, 0.1) is 0 Å². The van der Waals surface area contributed by atoms with Crippen LogP contribution in [0.4, 0.5) is 0 Å². The van der Waals surface area contributed by atoms with Crippen LogP contribution in [0.2, 0.25) is 0 Å². The molecular formula is C18H21NS. The molecule has 0 saturated carbocycles. The molecule has 2 N–H and O–H groups in total. The van der Waals surface area contributed by atoms with Gasteiger partial charge in [-0.05, 0) is 54.0 Å². The minimum atomic E-state index is 0.626. The second kappa shape index (κ2) is 6.47. The fraction of sp³-hybridized carbons (Fsp3) is 0.333. The fourth-order valence-corrected chi connectivity index (χ4v) is 4.14. The maximum Gasteiger partial charge on any atom is 0.0178 e. The lowest BCUT2D eigenvalue weighted by Gasteiger charge is -2.25. The summed E-state index contributed by atoms with van der Waals surface area (Å²) in [4.78, 5) is 1.34. The molecule has 3 rings (SSSR count). The van der Waals surface area contributed by atoms with Crippen molar-refractivity contribution in [2.45, 2.75) is 36.6 Å². The number of thioether (sulfide) groups is 1. The number of hydrogen-bond acceptors (Lipinski definition) is 2. The zero-order valence-electron chi connectivity index (χ0n) is 11.7. The van der Waals surface area contributed by atoms with Crippen molar-refractivity contribution in [1.82, 2.24) is 0 Å². The van der Waals surface area contributed by atoms with Crippen LogP contribution in [-0.2, 0) is 13.0 Å². The van der Waals surface area contributed by atoms with E-state index in [0.717, 1.165) is 0 Å². The molecule has 1 aliphatic rings. The van der Waals surface area contributed by atoms with Gasteiger partial charge in [0, 0.05) is 17.2 Å². The van der Waals surface area contributed by atoms with Gasteiger partial charge in [0.25, 0.3) is 0 Å². The molecule has 2 heteroatoms. The minimum absolute atomic E-state index is 0.626. The molecule has 0 aromatic heterocycles. The molecule has 1 nitrogen and oxygen atoms in total. The van der Waals surface area contributed by atoms with E-state index in [1.54, 1.807) is 11.1 Å². The predicted octanol–water partition coefficient (Wildman–Crippen LogP) is 4.36. The van der Waals surface area contributed by atoms with E-state index in [4.69, 9.17) is 5.73 Å². The number of fused-ring (bicyclic) bond motifs is 1. The van der Waals surface area contributed by atoms with Crippen molar-refractivity contribution >= 4 is 11.8 Å². The number of benzene rings is 2. The van der Waals surface area contributed by atoms with Crippen LogP contribution in [0, 0.1) is 0 Å². The van der Waals surface area contributed by atoms with E-state index in [1.807, 2.05) is 11.8 Å². The lowest BCUT2D eigenvalue weighted by Crippen LogP contribution is -2.11. The summed E-state index contributed by atoms with van der Waals surface area (Å²) in [6, 6.07) is 17.6. The molecule has 104 valence electrons. The van der Waals surface area contributed by atoms with Gasteiger partial charge in [-0.25, -0.2) is 0 Å². The molecular weight excluding hydrogens is 262 g/mol. The highest BCUT2D eigenvalue weighted by atomic mass is 32.2. The summed E-state index contributed by atoms with van der Waals surface area (Å²) in [7, 11) is 0. The molecule has 0 saturated heterocycles. The summed E-state index contributed by atoms with van der Waals surface area (Å²) in [6.07, 6.45) is 3.89. The fourth-order valence-electron chi connectivity index (χ4n) is 2.99. The van der Waals surface area contributed by atoms with Crippen LogP contribution >= 0.6 is 11.8 Å². The van der Waals surface area contributed by atoms with E-state index in [2.05, 4.69) is 48.5 Å². The molecule has 0 amide bonds. The maximum atomic E-state index is 5.71. The van der Waals surface area contributed by atoms with Crippen molar-refractivity contribution in [2.24, 2.45) is 5.73 Å². The molecule has 0 fully saturated rings. The second-order valence-electron chi connectivity index (χ2n) is 5.45. The standard InChI is InChI=1S/C18H21NS/c19-12-14-5-3-9-17(11-14)20-13-16-8-4-7-15-6-1-2-10-18(15)16/h1-3,5-6,9-11,16H,4,7-8,12-13,19H2. The monoisotopic (exact) mass is 283 g/mol. The Kier molecular flexibility index (Phi) is 4.44. The van der Waals surface area contributed by atoms with E-state index in [1.165, 1.54) is 35.5 Å². The van der Waals surface area contributed by atoms with E-state index < -0.39 is 0 Å². The Hall–Kier alpha value is -1.25. The second-order valence-corrected chi connectivity index (χ2v) is 6.54. The molecule has 1 unspecified atom stereocenters. The number of hydrogen-bond donors (Lipinski definition) is 1. The smallest absolute Gasteiger partial charge is 0.0178 e. The third-order valence-electron chi connectivity index (χ3n) is 4.08. The molecule has 0 radical (unpaired) electrons. The third kappa shape index (κ3) is 3.08. The van der Waals surface area contributed by atoms with E-state index in [0.29, 0.717) is 12.5 Å². The van der Waals surface area contributed by atoms with Crippen molar-refractivity contribution in [3.63, 3.8) is 0 Å². The summed E-state index contributed by atoms with van der Waals surface area (Å²) < 4.78 is 0. The van der Waals surface area contributed by atoms with Gasteiger partial charge in [-0.1, -0.05) is 36.4 Å². The SMILES string of the molecule is NCc1cccc(SCC2CCCc3ccccc32)c1. The zero-order valence-corrected chi connectivity index (χ0v) is 12.5. The van der Waals surface area contributed by atoms with Gasteiger partial charge in [-0.2, -0.15) is 0 Å². The van der Waals surface area contributed by atoms with Gasteiger partial charge in [0.2, 0.25) is 0 Å². The molecule has 2 aromatic carbocycles. The number of rotatable bonds is 4. The molecule has 1 atom stereocenters. The van der Waals surface area contributed by atoms with Crippen LogP contribution in [-0.4, -0.2) is 5.75 Å². The van der Waals surface area contributed by atoms with Gasteiger partial charge in [0.15, 0.2) is 0 Å². The maximum absolute atomic E-state index is 5.71. The zero-order chi connectivity index (χ0) is 13.8. The Morgan fingerprint density at radius 2 is 2.00 bits per heavy atom. The Labute approximate surface area is 125 Å². The predicted molar refractivity (Wildman–Crippen MR) is 87.2 cm³/mol. The van der Waals surface area contributed by atoms with Gasteiger partial charge >= 0.3 is 0 Å². The normalized spacial score (nSPS) is 17.8. The van der Waals surface area contributed by atoms with E-state index >= 15 is 0 Å². The molecule has 0 bridgehead atoms. The van der Waals surface area contributed by atoms with Gasteiger partial charge in [-0.3, -0.25) is 0 Å². The first-order valence-corrected chi connectivity index (χ1v) is 8.35. The highest BCUT2D eigenvalue weighted by Crippen LogP contribution is 2.35. The van der Waals surface area contributed by atoms with Crippen LogP contribution in [0.15, 0.2) is 53.4 Å². The van der Waals surface area contributed by atoms with Crippen LogP contribution in [0.1, 0.15) is 35.4 Å². The van der Waals surface area contributed by atoms with Crippen molar-refractivity contribution in [3.8, 4) is 0 Å². The Balaban J connectivity index is 1.70. The Bertz CT molecular complexity index is 579. The molecule has 1 aliphatic carbocycles. The average molecular weight is 283 g/mol. The summed E-state index contributed by atoms with van der Waals surface area (Å²) in [5.41, 5.74) is 10.1. The molecule has 0 heterocycles. The molecule has 0 spiro atoms. The first kappa shape index (κ1) is 13.7. The summed E-state index contributed by atoms with van der Waals surface area (Å²) in [6.45, 7) is 0.626. The van der Waals surface area contributed by atoms with E-state index in [9.17, 15) is 0 Å². The first-order chi connectivity index (χ1) is 9.86. The van der Waals surface area contributed by atoms with Crippen molar-refractivity contribution < 1.29 is 0 Å². The van der Waals surface area contributed by atoms with Gasteiger partial charge in [-0.15, -0.1) is 11.8 Å². The molecule has 20 heavy (non-hydrogen) atoms. The van der Waals surface area contributed by atoms with Crippen molar-refractivity contribution in [3.05, 3.63) is 65.2 Å². The molecule has 2 aromatic rings. The highest BCUT2D eigenvalue weighted by Gasteiger charge is 2.19. The van der Waals surface area contributed by atoms with Gasteiger partial charge in [0.1, 0.15) is 0 Å². The summed E-state index contributed by atoms with van der Waals surface area (Å²) >= 11 is 1.96. The minimum Gasteiger partial charge on any atom is -0.326 e. The lowest BCUT2D eigenvalue weighted by molar-refractivity contribution is 0.596. The highest BCUT2D eigenvalue weighted by molar-refractivity contribution is 7.99. The average Bonchev–Trinajstić information content (AvgIpc) is 2.53. The third-order valence-corrected chi connectivity index (χ3v) is 5.24. The Morgan fingerprint density at radius 3 is 2.90 bits per heavy atom. The van der Waals surface area contributed by atoms with Crippen LogP contribution in [0.5, 0.6) is 0 Å². The van der Waals surface area contributed by atoms with Gasteiger partial charge < -0.3 is 5.73 Å². The molecule has 0 aliphatic heterocycles. The first-order valence-electron chi connectivity index (χ1n) is 7.36.